The summed E-state index contributed by atoms with van der Waals surface area (Å²) in [6, 6.07) is 20.6. The van der Waals surface area contributed by atoms with Gasteiger partial charge in [-0.3, -0.25) is 25.2 Å². The number of nitrogens with zero attached hydrogens (tertiary/aromatic N) is 1. The second-order valence-corrected chi connectivity index (χ2v) is 7.84. The van der Waals surface area contributed by atoms with Crippen molar-refractivity contribution >= 4 is 28.5 Å². The number of halogens is 1. The first-order valence-corrected chi connectivity index (χ1v) is 10.6. The maximum atomic E-state index is 13.2. The van der Waals surface area contributed by atoms with Crippen molar-refractivity contribution in [3.63, 3.8) is 0 Å². The number of hydrogen-bond acceptors (Lipinski definition) is 3. The summed E-state index contributed by atoms with van der Waals surface area (Å²) in [6.45, 7) is 3.28. The average Bonchev–Trinajstić information content (AvgIpc) is 3.15. The number of fused-ring (bicyclic) bond motifs is 1. The number of carbonyl (C=O) groups excluding carboxylic acids is 3. The van der Waals surface area contributed by atoms with Crippen LogP contribution in [-0.2, 0) is 4.79 Å². The summed E-state index contributed by atoms with van der Waals surface area (Å²) in [4.78, 5) is 37.2. The molecule has 4 rings (SSSR count). The number of hydrazine groups is 1. The van der Waals surface area contributed by atoms with Gasteiger partial charge in [0.2, 0.25) is 0 Å². The van der Waals surface area contributed by atoms with E-state index in [0.717, 1.165) is 22.2 Å². The molecule has 8 heteroatoms. The fourth-order valence-corrected chi connectivity index (χ4v) is 3.81. The standard InChI is InChI=1S/C26H23FN4O3/c1-16-13-23(17(2)31(16)22-11-9-21(27)10-12-22)26(34)30-29-24(32)15-28-25(33)20-8-7-18-5-3-4-6-19(18)14-20/h3-14H,15H2,1-2H3,(H,28,33)(H,29,32)(H,30,34). The highest BCUT2D eigenvalue weighted by molar-refractivity contribution is 6.00. The smallest absolute Gasteiger partial charge is 0.271 e. The quantitative estimate of drug-likeness (QED) is 0.399. The number of hydrogen-bond donors (Lipinski definition) is 3. The van der Waals surface area contributed by atoms with Crippen molar-refractivity contribution in [3.05, 3.63) is 101 Å². The van der Waals surface area contributed by atoms with Gasteiger partial charge in [0.15, 0.2) is 0 Å². The van der Waals surface area contributed by atoms with Gasteiger partial charge >= 0.3 is 0 Å². The van der Waals surface area contributed by atoms with Crippen LogP contribution in [0, 0.1) is 19.7 Å². The SMILES string of the molecule is Cc1cc(C(=O)NNC(=O)CNC(=O)c2ccc3ccccc3c2)c(C)n1-c1ccc(F)cc1. The van der Waals surface area contributed by atoms with E-state index in [4.69, 9.17) is 0 Å². The van der Waals surface area contributed by atoms with Gasteiger partial charge in [0.05, 0.1) is 12.1 Å². The monoisotopic (exact) mass is 458 g/mol. The van der Waals surface area contributed by atoms with Gasteiger partial charge < -0.3 is 9.88 Å². The van der Waals surface area contributed by atoms with Crippen LogP contribution in [0.15, 0.2) is 72.8 Å². The van der Waals surface area contributed by atoms with Gasteiger partial charge in [0.1, 0.15) is 5.82 Å². The van der Waals surface area contributed by atoms with E-state index in [1.54, 1.807) is 37.3 Å². The van der Waals surface area contributed by atoms with Crippen molar-refractivity contribution in [2.45, 2.75) is 13.8 Å². The molecule has 0 saturated carbocycles. The summed E-state index contributed by atoms with van der Waals surface area (Å²) in [6.07, 6.45) is 0. The lowest BCUT2D eigenvalue weighted by Crippen LogP contribution is -2.46. The molecule has 0 saturated heterocycles. The van der Waals surface area contributed by atoms with Gasteiger partial charge in [-0.2, -0.15) is 0 Å². The summed E-state index contributed by atoms with van der Waals surface area (Å²) in [5.74, 6) is -1.82. The van der Waals surface area contributed by atoms with E-state index < -0.39 is 17.7 Å². The third-order valence-electron chi connectivity index (χ3n) is 5.50. The minimum atomic E-state index is -0.574. The lowest BCUT2D eigenvalue weighted by molar-refractivity contribution is -0.120. The average molecular weight is 458 g/mol. The van der Waals surface area contributed by atoms with Gasteiger partial charge in [0, 0.05) is 22.6 Å². The van der Waals surface area contributed by atoms with E-state index in [9.17, 15) is 18.8 Å². The normalized spacial score (nSPS) is 10.7. The molecule has 0 bridgehead atoms. The highest BCUT2D eigenvalue weighted by Gasteiger charge is 2.17. The van der Waals surface area contributed by atoms with Crippen molar-refractivity contribution in [2.24, 2.45) is 0 Å². The van der Waals surface area contributed by atoms with Crippen LogP contribution in [0.1, 0.15) is 32.1 Å². The fraction of sp³-hybridized carbons (Fsp3) is 0.115. The number of benzene rings is 3. The molecule has 0 spiro atoms. The molecule has 4 aromatic rings. The molecule has 34 heavy (non-hydrogen) atoms. The first-order valence-electron chi connectivity index (χ1n) is 10.6. The van der Waals surface area contributed by atoms with Gasteiger partial charge in [-0.05, 0) is 67.1 Å². The zero-order valence-corrected chi connectivity index (χ0v) is 18.7. The molecule has 0 fully saturated rings. The molecule has 0 aliphatic rings. The Labute approximate surface area is 195 Å². The summed E-state index contributed by atoms with van der Waals surface area (Å²) in [7, 11) is 0. The molecule has 1 aromatic heterocycles. The van der Waals surface area contributed by atoms with E-state index in [2.05, 4.69) is 16.2 Å². The van der Waals surface area contributed by atoms with Crippen LogP contribution in [0.5, 0.6) is 0 Å². The maximum Gasteiger partial charge on any atom is 0.271 e. The van der Waals surface area contributed by atoms with E-state index in [-0.39, 0.29) is 12.4 Å². The molecular weight excluding hydrogens is 435 g/mol. The highest BCUT2D eigenvalue weighted by Crippen LogP contribution is 2.21. The molecule has 0 unspecified atom stereocenters. The number of rotatable bonds is 5. The topological polar surface area (TPSA) is 92.2 Å². The Morgan fingerprint density at radius 3 is 2.26 bits per heavy atom. The molecule has 0 radical (unpaired) electrons. The summed E-state index contributed by atoms with van der Waals surface area (Å²) in [5.41, 5.74) is 7.61. The van der Waals surface area contributed by atoms with E-state index in [1.807, 2.05) is 41.8 Å². The van der Waals surface area contributed by atoms with Crippen LogP contribution in [0.25, 0.3) is 16.5 Å². The first-order chi connectivity index (χ1) is 16.3. The fourth-order valence-electron chi connectivity index (χ4n) is 3.81. The first kappa shape index (κ1) is 22.7. The van der Waals surface area contributed by atoms with Gasteiger partial charge in [-0.25, -0.2) is 4.39 Å². The van der Waals surface area contributed by atoms with Crippen LogP contribution in [0.4, 0.5) is 4.39 Å². The van der Waals surface area contributed by atoms with Crippen molar-refractivity contribution in [1.82, 2.24) is 20.7 Å². The van der Waals surface area contributed by atoms with E-state index >= 15 is 0 Å². The Morgan fingerprint density at radius 1 is 0.824 bits per heavy atom. The number of aryl methyl sites for hydroxylation is 1. The number of aromatic nitrogens is 1. The number of amides is 3. The van der Waals surface area contributed by atoms with Crippen molar-refractivity contribution in [3.8, 4) is 5.69 Å². The Bertz CT molecular complexity index is 1390. The molecular formula is C26H23FN4O3. The Morgan fingerprint density at radius 2 is 1.53 bits per heavy atom. The third kappa shape index (κ3) is 4.80. The lowest BCUT2D eigenvalue weighted by atomic mass is 10.1. The van der Waals surface area contributed by atoms with Crippen molar-refractivity contribution in [1.29, 1.82) is 0 Å². The summed E-state index contributed by atoms with van der Waals surface area (Å²) in [5, 5.41) is 4.47. The van der Waals surface area contributed by atoms with Crippen LogP contribution in [0.3, 0.4) is 0 Å². The Hall–Kier alpha value is -4.46. The molecule has 1 heterocycles. The second-order valence-electron chi connectivity index (χ2n) is 7.84. The van der Waals surface area contributed by atoms with Crippen LogP contribution in [0.2, 0.25) is 0 Å². The Balaban J connectivity index is 1.34. The third-order valence-corrected chi connectivity index (χ3v) is 5.50. The van der Waals surface area contributed by atoms with Crippen LogP contribution in [-0.4, -0.2) is 28.8 Å². The molecule has 3 amide bonds. The van der Waals surface area contributed by atoms with Crippen molar-refractivity contribution < 1.29 is 18.8 Å². The minimum Gasteiger partial charge on any atom is -0.343 e. The highest BCUT2D eigenvalue weighted by atomic mass is 19.1. The Kier molecular flexibility index (Phi) is 6.40. The second kappa shape index (κ2) is 9.58. The van der Waals surface area contributed by atoms with Crippen LogP contribution >= 0.6 is 0 Å². The maximum absolute atomic E-state index is 13.2. The van der Waals surface area contributed by atoms with E-state index in [1.165, 1.54) is 12.1 Å². The zero-order chi connectivity index (χ0) is 24.2. The largest absolute Gasteiger partial charge is 0.343 e. The van der Waals surface area contributed by atoms with Gasteiger partial charge in [0.25, 0.3) is 17.7 Å². The van der Waals surface area contributed by atoms with Crippen molar-refractivity contribution in [2.75, 3.05) is 6.54 Å². The molecule has 0 aliphatic carbocycles. The zero-order valence-electron chi connectivity index (χ0n) is 18.7. The molecule has 3 aromatic carbocycles. The lowest BCUT2D eigenvalue weighted by Gasteiger charge is -2.11. The molecule has 0 atom stereocenters. The number of nitrogens with one attached hydrogen (secondary N) is 3. The predicted molar refractivity (Wildman–Crippen MR) is 127 cm³/mol. The number of carbonyl (C=O) groups is 3. The van der Waals surface area contributed by atoms with Gasteiger partial charge in [-0.15, -0.1) is 0 Å². The summed E-state index contributed by atoms with van der Waals surface area (Å²) >= 11 is 0. The summed E-state index contributed by atoms with van der Waals surface area (Å²) < 4.78 is 15.1. The minimum absolute atomic E-state index is 0.305. The van der Waals surface area contributed by atoms with E-state index in [0.29, 0.717) is 16.8 Å². The molecule has 0 aliphatic heterocycles. The van der Waals surface area contributed by atoms with Crippen LogP contribution < -0.4 is 16.2 Å². The van der Waals surface area contributed by atoms with Gasteiger partial charge in [-0.1, -0.05) is 30.3 Å². The molecule has 172 valence electrons. The predicted octanol–water partition coefficient (Wildman–Crippen LogP) is 3.58. The molecule has 7 nitrogen and oxygen atoms in total. The molecule has 3 N–H and O–H groups in total.